The van der Waals surface area contributed by atoms with E-state index < -0.39 is 0 Å². The molecule has 3 aromatic heterocycles. The van der Waals surface area contributed by atoms with Crippen molar-refractivity contribution in [1.29, 1.82) is 0 Å². The maximum Gasteiger partial charge on any atom is 0.328 e. The average Bonchev–Trinajstić information content (AvgIpc) is 3.17. The number of hydrogen-bond acceptors (Lipinski definition) is 5. The molecule has 152 valence electrons. The van der Waals surface area contributed by atoms with Gasteiger partial charge in [0, 0.05) is 38.1 Å². The molecule has 1 unspecified atom stereocenters. The summed E-state index contributed by atoms with van der Waals surface area (Å²) in [5.74, 6) is 0.584. The normalized spacial score (nSPS) is 16.0. The molecule has 1 amide bonds. The highest BCUT2D eigenvalue weighted by Crippen LogP contribution is 2.40. The van der Waals surface area contributed by atoms with Gasteiger partial charge < -0.3 is 5.32 Å². The number of benzene rings is 1. The van der Waals surface area contributed by atoms with E-state index in [2.05, 4.69) is 20.6 Å². The Morgan fingerprint density at radius 3 is 2.53 bits per heavy atom. The molecule has 0 saturated heterocycles. The molecule has 10 heteroatoms. The van der Waals surface area contributed by atoms with Crippen molar-refractivity contribution in [3.8, 4) is 5.82 Å². The molecule has 5 rings (SSSR count). The van der Waals surface area contributed by atoms with Crippen molar-refractivity contribution in [1.82, 2.24) is 29.1 Å². The lowest BCUT2D eigenvalue weighted by Gasteiger charge is -2.24. The summed E-state index contributed by atoms with van der Waals surface area (Å²) in [7, 11) is 3.47. The van der Waals surface area contributed by atoms with Crippen LogP contribution in [-0.2, 0) is 18.9 Å². The van der Waals surface area contributed by atoms with Gasteiger partial charge in [0.15, 0.2) is 5.82 Å². The van der Waals surface area contributed by atoms with E-state index in [4.69, 9.17) is 0 Å². The summed E-state index contributed by atoms with van der Waals surface area (Å²) in [4.78, 5) is 36.2. The number of imidazole rings is 1. The number of aromatic nitrogens is 6. The van der Waals surface area contributed by atoms with E-state index in [1.165, 1.54) is 10.7 Å². The molecule has 1 aromatic carbocycles. The van der Waals surface area contributed by atoms with Crippen LogP contribution in [0.4, 0.5) is 5.82 Å². The van der Waals surface area contributed by atoms with Crippen LogP contribution in [0.15, 0.2) is 39.9 Å². The fraction of sp³-hybridized carbons (Fsp3) is 0.250. The first kappa shape index (κ1) is 18.1. The fourth-order valence-electron chi connectivity index (χ4n) is 4.19. The molecule has 0 radical (unpaired) electrons. The highest BCUT2D eigenvalue weighted by molar-refractivity contribution is 5.95. The minimum atomic E-state index is -0.319. The number of carbonyl (C=O) groups is 1. The first-order valence-corrected chi connectivity index (χ1v) is 9.46. The van der Waals surface area contributed by atoms with Gasteiger partial charge in [-0.15, -0.1) is 0 Å². The van der Waals surface area contributed by atoms with Gasteiger partial charge in [-0.1, -0.05) is 6.07 Å². The summed E-state index contributed by atoms with van der Waals surface area (Å²) >= 11 is 0. The Balaban J connectivity index is 1.69. The van der Waals surface area contributed by atoms with E-state index in [0.717, 1.165) is 27.9 Å². The Labute approximate surface area is 169 Å². The molecule has 1 aliphatic heterocycles. The number of fused-ring (bicyclic) bond motifs is 2. The lowest BCUT2D eigenvalue weighted by Crippen LogP contribution is -2.25. The summed E-state index contributed by atoms with van der Waals surface area (Å²) in [6.07, 6.45) is 0.269. The molecule has 0 fully saturated rings. The number of aryl methyl sites for hydroxylation is 3. The predicted octanol–water partition coefficient (Wildman–Crippen LogP) is 0.929. The van der Waals surface area contributed by atoms with E-state index in [1.54, 1.807) is 29.3 Å². The molecule has 4 aromatic rings. The molecule has 30 heavy (non-hydrogen) atoms. The molecule has 10 nitrogen and oxygen atoms in total. The number of aromatic amines is 1. The van der Waals surface area contributed by atoms with Crippen LogP contribution in [0, 0.1) is 6.92 Å². The number of carbonyl (C=O) groups excluding carboxylic acids is 1. The van der Waals surface area contributed by atoms with E-state index >= 15 is 0 Å². The van der Waals surface area contributed by atoms with Gasteiger partial charge in [-0.25, -0.2) is 9.89 Å². The summed E-state index contributed by atoms with van der Waals surface area (Å²) in [6.45, 7) is 1.88. The largest absolute Gasteiger partial charge is 0.328 e. The number of nitrogens with one attached hydrogen (secondary N) is 2. The van der Waals surface area contributed by atoms with Crippen LogP contribution in [-0.4, -0.2) is 35.0 Å². The SMILES string of the molecule is Cc1nn(-c2ccc(=O)[nH]n2)c2c1C(c1ccc3c(c1)n(C)c(=O)n3C)CC(=O)N2. The van der Waals surface area contributed by atoms with Gasteiger partial charge in [0.25, 0.3) is 5.56 Å². The van der Waals surface area contributed by atoms with Gasteiger partial charge in [-0.05, 0) is 30.7 Å². The molecule has 0 spiro atoms. The summed E-state index contributed by atoms with van der Waals surface area (Å²) < 4.78 is 4.73. The van der Waals surface area contributed by atoms with Gasteiger partial charge in [-0.2, -0.15) is 14.9 Å². The topological polar surface area (TPSA) is 120 Å². The van der Waals surface area contributed by atoms with Crippen LogP contribution < -0.4 is 16.6 Å². The van der Waals surface area contributed by atoms with Gasteiger partial charge in [-0.3, -0.25) is 18.7 Å². The van der Waals surface area contributed by atoms with Crippen LogP contribution in [0.1, 0.15) is 29.2 Å². The second kappa shape index (κ2) is 6.28. The van der Waals surface area contributed by atoms with E-state index in [-0.39, 0.29) is 29.5 Å². The Hall–Kier alpha value is -3.95. The third-order valence-corrected chi connectivity index (χ3v) is 5.68. The molecule has 2 N–H and O–H groups in total. The second-order valence-corrected chi connectivity index (χ2v) is 7.49. The molecule has 0 saturated carbocycles. The van der Waals surface area contributed by atoms with E-state index in [9.17, 15) is 14.4 Å². The Kier molecular flexibility index (Phi) is 3.79. The molecule has 4 heterocycles. The van der Waals surface area contributed by atoms with Crippen molar-refractivity contribution in [2.45, 2.75) is 19.3 Å². The van der Waals surface area contributed by atoms with Crippen LogP contribution >= 0.6 is 0 Å². The Bertz CT molecular complexity index is 1430. The Morgan fingerprint density at radius 1 is 1.03 bits per heavy atom. The minimum absolute atomic E-state index is 0.0997. The smallest absolute Gasteiger partial charge is 0.310 e. The number of H-pyrrole nitrogens is 1. The molecule has 1 aliphatic rings. The first-order chi connectivity index (χ1) is 14.3. The molecule has 1 atom stereocenters. The van der Waals surface area contributed by atoms with Crippen molar-refractivity contribution < 1.29 is 4.79 Å². The number of hydrogen-bond donors (Lipinski definition) is 2. The average molecular weight is 405 g/mol. The van der Waals surface area contributed by atoms with Crippen molar-refractivity contribution in [3.05, 3.63) is 68.0 Å². The number of anilines is 1. The monoisotopic (exact) mass is 405 g/mol. The van der Waals surface area contributed by atoms with Crippen molar-refractivity contribution in [2.75, 3.05) is 5.32 Å². The standard InChI is InChI=1S/C20H19N7O3/c1-10-18-12(11-4-5-13-14(8-11)26(3)20(30)25(13)2)9-17(29)21-19(18)27(24-10)15-6-7-16(28)23-22-15/h4-8,12H,9H2,1-3H3,(H,21,29)(H,23,28). The summed E-state index contributed by atoms with van der Waals surface area (Å²) in [5, 5.41) is 13.9. The van der Waals surface area contributed by atoms with Gasteiger partial charge in [0.2, 0.25) is 5.91 Å². The molecule has 0 aliphatic carbocycles. The maximum atomic E-state index is 12.6. The molecular weight excluding hydrogens is 386 g/mol. The minimum Gasteiger partial charge on any atom is -0.310 e. The summed E-state index contributed by atoms with van der Waals surface area (Å²) in [5.41, 5.74) is 3.79. The second-order valence-electron chi connectivity index (χ2n) is 7.49. The Morgan fingerprint density at radius 2 is 1.80 bits per heavy atom. The van der Waals surface area contributed by atoms with Crippen LogP contribution in [0.2, 0.25) is 0 Å². The quantitative estimate of drug-likeness (QED) is 0.514. The highest BCUT2D eigenvalue weighted by Gasteiger charge is 2.33. The third-order valence-electron chi connectivity index (χ3n) is 5.68. The zero-order chi connectivity index (χ0) is 21.2. The van der Waals surface area contributed by atoms with Crippen LogP contribution in [0.5, 0.6) is 0 Å². The zero-order valence-electron chi connectivity index (χ0n) is 16.6. The van der Waals surface area contributed by atoms with Gasteiger partial charge in [0.05, 0.1) is 16.7 Å². The van der Waals surface area contributed by atoms with E-state index in [1.807, 2.05) is 25.1 Å². The molecule has 0 bridgehead atoms. The van der Waals surface area contributed by atoms with Crippen LogP contribution in [0.25, 0.3) is 16.9 Å². The number of rotatable bonds is 2. The van der Waals surface area contributed by atoms with Crippen molar-refractivity contribution in [2.24, 2.45) is 14.1 Å². The fourth-order valence-corrected chi connectivity index (χ4v) is 4.19. The number of amides is 1. The first-order valence-electron chi connectivity index (χ1n) is 9.46. The summed E-state index contributed by atoms with van der Waals surface area (Å²) in [6, 6.07) is 8.72. The zero-order valence-corrected chi connectivity index (χ0v) is 16.6. The lowest BCUT2D eigenvalue weighted by atomic mass is 9.85. The van der Waals surface area contributed by atoms with Gasteiger partial charge >= 0.3 is 5.69 Å². The van der Waals surface area contributed by atoms with Gasteiger partial charge in [0.1, 0.15) is 5.82 Å². The predicted molar refractivity (Wildman–Crippen MR) is 110 cm³/mol. The van der Waals surface area contributed by atoms with Crippen molar-refractivity contribution >= 4 is 22.8 Å². The van der Waals surface area contributed by atoms with E-state index in [0.29, 0.717) is 11.6 Å². The van der Waals surface area contributed by atoms with Crippen molar-refractivity contribution in [3.63, 3.8) is 0 Å². The highest BCUT2D eigenvalue weighted by atomic mass is 16.2. The maximum absolute atomic E-state index is 12.6. The van der Waals surface area contributed by atoms with Crippen LogP contribution in [0.3, 0.4) is 0 Å². The molecular formula is C20H19N7O3. The number of nitrogens with zero attached hydrogens (tertiary/aromatic N) is 5. The lowest BCUT2D eigenvalue weighted by molar-refractivity contribution is -0.116. The third kappa shape index (κ3) is 2.53.